The predicted molar refractivity (Wildman–Crippen MR) is 86.3 cm³/mol. The molecule has 1 aliphatic rings. The second-order valence-electron chi connectivity index (χ2n) is 5.91. The summed E-state index contributed by atoms with van der Waals surface area (Å²) in [5.41, 5.74) is 2.81. The Morgan fingerprint density at radius 2 is 2.05 bits per heavy atom. The monoisotopic (exact) mass is 292 g/mol. The molecule has 0 spiro atoms. The molecule has 112 valence electrons. The van der Waals surface area contributed by atoms with Crippen LogP contribution in [0.1, 0.15) is 30.0 Å². The normalized spacial score (nSPS) is 19.5. The van der Waals surface area contributed by atoms with Gasteiger partial charge in [-0.05, 0) is 36.1 Å². The van der Waals surface area contributed by atoms with Gasteiger partial charge in [-0.25, -0.2) is 0 Å². The van der Waals surface area contributed by atoms with E-state index in [2.05, 4.69) is 30.4 Å². The molecule has 0 heterocycles. The van der Waals surface area contributed by atoms with Gasteiger partial charge >= 0.3 is 0 Å². The summed E-state index contributed by atoms with van der Waals surface area (Å²) in [5, 5.41) is 12.6. The zero-order valence-electron chi connectivity index (χ0n) is 12.8. The molecule has 0 aromatic heterocycles. The van der Waals surface area contributed by atoms with E-state index < -0.39 is 0 Å². The van der Waals surface area contributed by atoms with Crippen molar-refractivity contribution in [2.24, 2.45) is 5.92 Å². The minimum Gasteiger partial charge on any atom is -0.489 e. The minimum atomic E-state index is 0.417. The van der Waals surface area contributed by atoms with Crippen molar-refractivity contribution in [1.29, 1.82) is 5.26 Å². The zero-order valence-corrected chi connectivity index (χ0v) is 12.8. The standard InChI is InChI=1S/C19H20N2O/c1-14-9-19(14)21-12-15-5-4-8-18(10-15)22-13-17-7-3-2-6-16(17)11-20/h2-8,10,14,19,21H,9,12-13H2,1H3. The molecular formula is C19H20N2O. The number of nitriles is 1. The third-order valence-corrected chi connectivity index (χ3v) is 4.11. The lowest BCUT2D eigenvalue weighted by Crippen LogP contribution is -2.16. The van der Waals surface area contributed by atoms with Crippen LogP contribution in [0, 0.1) is 17.2 Å². The van der Waals surface area contributed by atoms with E-state index in [1.54, 1.807) is 0 Å². The largest absolute Gasteiger partial charge is 0.489 e. The van der Waals surface area contributed by atoms with Crippen molar-refractivity contribution in [3.63, 3.8) is 0 Å². The Balaban J connectivity index is 1.59. The molecule has 2 unspecified atom stereocenters. The lowest BCUT2D eigenvalue weighted by molar-refractivity contribution is 0.305. The van der Waals surface area contributed by atoms with Gasteiger partial charge in [0.1, 0.15) is 12.4 Å². The first kappa shape index (κ1) is 14.6. The summed E-state index contributed by atoms with van der Waals surface area (Å²) in [6, 6.07) is 18.6. The molecule has 1 aliphatic carbocycles. The molecule has 0 saturated heterocycles. The molecule has 3 heteroatoms. The lowest BCUT2D eigenvalue weighted by atomic mass is 10.1. The molecule has 22 heavy (non-hydrogen) atoms. The predicted octanol–water partition coefficient (Wildman–Crippen LogP) is 3.64. The summed E-state index contributed by atoms with van der Waals surface area (Å²) in [6.07, 6.45) is 1.28. The van der Waals surface area contributed by atoms with Crippen molar-refractivity contribution in [3.05, 3.63) is 65.2 Å². The first-order chi connectivity index (χ1) is 10.8. The van der Waals surface area contributed by atoms with E-state index in [0.717, 1.165) is 23.8 Å². The fourth-order valence-electron chi connectivity index (χ4n) is 2.52. The van der Waals surface area contributed by atoms with Crippen LogP contribution in [0.4, 0.5) is 0 Å². The van der Waals surface area contributed by atoms with Gasteiger partial charge in [0.2, 0.25) is 0 Å². The van der Waals surface area contributed by atoms with Crippen molar-refractivity contribution >= 4 is 0 Å². The van der Waals surface area contributed by atoms with E-state index in [1.807, 2.05) is 36.4 Å². The minimum absolute atomic E-state index is 0.417. The van der Waals surface area contributed by atoms with Gasteiger partial charge in [0, 0.05) is 18.2 Å². The van der Waals surface area contributed by atoms with Crippen LogP contribution in [0.15, 0.2) is 48.5 Å². The molecule has 3 rings (SSSR count). The molecule has 0 radical (unpaired) electrons. The third-order valence-electron chi connectivity index (χ3n) is 4.11. The Kier molecular flexibility index (Phi) is 4.41. The zero-order chi connectivity index (χ0) is 15.4. The number of ether oxygens (including phenoxy) is 1. The Hall–Kier alpha value is -2.31. The van der Waals surface area contributed by atoms with Crippen molar-refractivity contribution in [2.45, 2.75) is 32.5 Å². The average Bonchev–Trinajstić information content (AvgIpc) is 3.27. The highest BCUT2D eigenvalue weighted by atomic mass is 16.5. The van der Waals surface area contributed by atoms with Gasteiger partial charge in [0.25, 0.3) is 0 Å². The molecule has 1 N–H and O–H groups in total. The summed E-state index contributed by atoms with van der Waals surface area (Å²) in [6.45, 7) is 3.56. The van der Waals surface area contributed by atoms with Crippen molar-refractivity contribution in [2.75, 3.05) is 0 Å². The van der Waals surface area contributed by atoms with Gasteiger partial charge in [0.05, 0.1) is 11.6 Å². The van der Waals surface area contributed by atoms with Gasteiger partial charge in [-0.1, -0.05) is 37.3 Å². The summed E-state index contributed by atoms with van der Waals surface area (Å²) in [7, 11) is 0. The fraction of sp³-hybridized carbons (Fsp3) is 0.316. The van der Waals surface area contributed by atoms with Gasteiger partial charge in [-0.15, -0.1) is 0 Å². The van der Waals surface area contributed by atoms with Gasteiger partial charge in [-0.3, -0.25) is 0 Å². The van der Waals surface area contributed by atoms with E-state index in [9.17, 15) is 0 Å². The molecule has 1 fully saturated rings. The van der Waals surface area contributed by atoms with Crippen molar-refractivity contribution < 1.29 is 4.74 Å². The second kappa shape index (κ2) is 6.64. The van der Waals surface area contributed by atoms with Crippen LogP contribution < -0.4 is 10.1 Å². The first-order valence-corrected chi connectivity index (χ1v) is 7.69. The smallest absolute Gasteiger partial charge is 0.120 e. The molecule has 0 bridgehead atoms. The number of benzene rings is 2. The number of nitrogens with one attached hydrogen (secondary N) is 1. The van der Waals surface area contributed by atoms with E-state index in [4.69, 9.17) is 10.00 Å². The lowest BCUT2D eigenvalue weighted by Gasteiger charge is -2.10. The Morgan fingerprint density at radius 3 is 2.82 bits per heavy atom. The number of hydrogen-bond acceptors (Lipinski definition) is 3. The molecular weight excluding hydrogens is 272 g/mol. The highest BCUT2D eigenvalue weighted by Crippen LogP contribution is 2.29. The molecule has 2 aromatic carbocycles. The number of nitrogens with zero attached hydrogens (tertiary/aromatic N) is 1. The van der Waals surface area contributed by atoms with Gasteiger partial charge < -0.3 is 10.1 Å². The second-order valence-corrected chi connectivity index (χ2v) is 5.91. The maximum absolute atomic E-state index is 9.10. The molecule has 0 amide bonds. The van der Waals surface area contributed by atoms with E-state index >= 15 is 0 Å². The van der Waals surface area contributed by atoms with Crippen LogP contribution in [-0.2, 0) is 13.2 Å². The molecule has 3 nitrogen and oxygen atoms in total. The Bertz CT molecular complexity index is 690. The summed E-state index contributed by atoms with van der Waals surface area (Å²) in [5.74, 6) is 1.65. The number of rotatable bonds is 6. The van der Waals surface area contributed by atoms with Gasteiger partial charge in [-0.2, -0.15) is 5.26 Å². The SMILES string of the molecule is CC1CC1NCc1cccc(OCc2ccccc2C#N)c1. The molecule has 2 aromatic rings. The Morgan fingerprint density at radius 1 is 1.23 bits per heavy atom. The highest BCUT2D eigenvalue weighted by Gasteiger charge is 2.31. The molecule has 0 aliphatic heterocycles. The van der Waals surface area contributed by atoms with Crippen LogP contribution in [-0.4, -0.2) is 6.04 Å². The van der Waals surface area contributed by atoms with Gasteiger partial charge in [0.15, 0.2) is 0 Å². The van der Waals surface area contributed by atoms with Crippen LogP contribution >= 0.6 is 0 Å². The van der Waals surface area contributed by atoms with Crippen LogP contribution in [0.5, 0.6) is 5.75 Å². The Labute approximate surface area is 131 Å². The van der Waals surface area contributed by atoms with E-state index in [0.29, 0.717) is 18.2 Å². The number of hydrogen-bond donors (Lipinski definition) is 1. The highest BCUT2D eigenvalue weighted by molar-refractivity contribution is 5.37. The molecule has 1 saturated carbocycles. The summed E-state index contributed by atoms with van der Waals surface area (Å²) < 4.78 is 5.84. The average molecular weight is 292 g/mol. The maximum Gasteiger partial charge on any atom is 0.120 e. The molecule has 2 atom stereocenters. The van der Waals surface area contributed by atoms with Crippen LogP contribution in [0.25, 0.3) is 0 Å². The quantitative estimate of drug-likeness (QED) is 0.884. The summed E-state index contributed by atoms with van der Waals surface area (Å²) in [4.78, 5) is 0. The van der Waals surface area contributed by atoms with Crippen molar-refractivity contribution in [1.82, 2.24) is 5.32 Å². The maximum atomic E-state index is 9.10. The summed E-state index contributed by atoms with van der Waals surface area (Å²) >= 11 is 0. The first-order valence-electron chi connectivity index (χ1n) is 7.69. The van der Waals surface area contributed by atoms with E-state index in [1.165, 1.54) is 12.0 Å². The van der Waals surface area contributed by atoms with Crippen LogP contribution in [0.2, 0.25) is 0 Å². The third kappa shape index (κ3) is 3.66. The van der Waals surface area contributed by atoms with Crippen LogP contribution in [0.3, 0.4) is 0 Å². The topological polar surface area (TPSA) is 45.0 Å². The van der Waals surface area contributed by atoms with Crippen molar-refractivity contribution in [3.8, 4) is 11.8 Å². The van der Waals surface area contributed by atoms with E-state index in [-0.39, 0.29) is 0 Å². The fourth-order valence-corrected chi connectivity index (χ4v) is 2.52.